The van der Waals surface area contributed by atoms with Gasteiger partial charge in [0.05, 0.1) is 29.6 Å². The lowest BCUT2D eigenvalue weighted by atomic mass is 10.2. The predicted octanol–water partition coefficient (Wildman–Crippen LogP) is 2.67. The van der Waals surface area contributed by atoms with Crippen LogP contribution in [0.3, 0.4) is 0 Å². The number of thiazole rings is 1. The number of nitrogens with one attached hydrogen (secondary N) is 1. The second kappa shape index (κ2) is 6.63. The van der Waals surface area contributed by atoms with Gasteiger partial charge in [0.15, 0.2) is 0 Å². The molecule has 0 atom stereocenters. The van der Waals surface area contributed by atoms with Crippen LogP contribution >= 0.6 is 11.3 Å². The fraction of sp³-hybridized carbons (Fsp3) is 0.429. The van der Waals surface area contributed by atoms with Crippen LogP contribution in [0.1, 0.15) is 25.1 Å². The van der Waals surface area contributed by atoms with Crippen molar-refractivity contribution in [3.8, 4) is 0 Å². The van der Waals surface area contributed by atoms with E-state index in [0.717, 1.165) is 24.5 Å². The highest BCUT2D eigenvalue weighted by Gasteiger charge is 2.09. The number of rotatable bonds is 6. The summed E-state index contributed by atoms with van der Waals surface area (Å²) in [5, 5.41) is 5.53. The van der Waals surface area contributed by atoms with Gasteiger partial charge in [0, 0.05) is 31.2 Å². The molecule has 4 nitrogen and oxygen atoms in total. The third-order valence-electron chi connectivity index (χ3n) is 2.88. The van der Waals surface area contributed by atoms with Gasteiger partial charge < -0.3 is 10.2 Å². The van der Waals surface area contributed by atoms with E-state index in [2.05, 4.69) is 52.5 Å². The molecule has 0 fully saturated rings. The lowest BCUT2D eigenvalue weighted by Crippen LogP contribution is -2.24. The third kappa shape index (κ3) is 4.01. The molecular weight excluding hydrogens is 256 g/mol. The average Bonchev–Trinajstić information content (AvgIpc) is 2.89. The smallest absolute Gasteiger partial charge is 0.0795 e. The zero-order valence-corrected chi connectivity index (χ0v) is 12.4. The summed E-state index contributed by atoms with van der Waals surface area (Å²) in [5.41, 5.74) is 5.39. The Balaban J connectivity index is 2.09. The van der Waals surface area contributed by atoms with Crippen molar-refractivity contribution >= 4 is 17.0 Å². The normalized spacial score (nSPS) is 10.9. The van der Waals surface area contributed by atoms with E-state index in [9.17, 15) is 0 Å². The average molecular weight is 276 g/mol. The maximum Gasteiger partial charge on any atom is 0.0795 e. The summed E-state index contributed by atoms with van der Waals surface area (Å²) < 4.78 is 0. The van der Waals surface area contributed by atoms with Crippen LogP contribution in [0.4, 0.5) is 5.69 Å². The minimum Gasteiger partial charge on any atom is -0.367 e. The molecule has 1 N–H and O–H groups in total. The first-order chi connectivity index (χ1) is 9.16. The van der Waals surface area contributed by atoms with Crippen LogP contribution in [0.15, 0.2) is 29.4 Å². The molecule has 0 spiro atoms. The van der Waals surface area contributed by atoms with Crippen LogP contribution in [0.2, 0.25) is 0 Å². The summed E-state index contributed by atoms with van der Waals surface area (Å²) >= 11 is 1.63. The zero-order chi connectivity index (χ0) is 13.7. The van der Waals surface area contributed by atoms with Gasteiger partial charge in [-0.3, -0.25) is 4.98 Å². The Morgan fingerprint density at radius 3 is 2.95 bits per heavy atom. The van der Waals surface area contributed by atoms with Gasteiger partial charge in [-0.05, 0) is 11.6 Å². The molecule has 0 unspecified atom stereocenters. The van der Waals surface area contributed by atoms with Crippen molar-refractivity contribution in [1.82, 2.24) is 15.3 Å². The number of anilines is 1. The molecule has 0 saturated heterocycles. The first-order valence-corrected chi connectivity index (χ1v) is 7.35. The molecular formula is C14H20N4S. The first-order valence-electron chi connectivity index (χ1n) is 6.41. The Morgan fingerprint density at radius 1 is 1.42 bits per heavy atom. The van der Waals surface area contributed by atoms with Crippen molar-refractivity contribution in [2.45, 2.75) is 33.0 Å². The molecule has 102 valence electrons. The van der Waals surface area contributed by atoms with Gasteiger partial charge in [-0.1, -0.05) is 13.8 Å². The highest BCUT2D eigenvalue weighted by molar-refractivity contribution is 7.07. The molecule has 0 amide bonds. The second-order valence-corrected chi connectivity index (χ2v) is 5.59. The van der Waals surface area contributed by atoms with Gasteiger partial charge >= 0.3 is 0 Å². The molecule has 0 saturated carbocycles. The Morgan fingerprint density at radius 2 is 2.26 bits per heavy atom. The molecule has 0 aliphatic heterocycles. The quantitative estimate of drug-likeness (QED) is 0.880. The maximum absolute atomic E-state index is 4.33. The van der Waals surface area contributed by atoms with Gasteiger partial charge in [0.2, 0.25) is 0 Å². The highest BCUT2D eigenvalue weighted by Crippen LogP contribution is 2.19. The number of pyridine rings is 1. The number of hydrogen-bond acceptors (Lipinski definition) is 5. The summed E-state index contributed by atoms with van der Waals surface area (Å²) in [7, 11) is 2.08. The Hall–Kier alpha value is -1.46. The predicted molar refractivity (Wildman–Crippen MR) is 80.4 cm³/mol. The zero-order valence-electron chi connectivity index (χ0n) is 11.6. The van der Waals surface area contributed by atoms with Crippen LogP contribution < -0.4 is 10.2 Å². The van der Waals surface area contributed by atoms with E-state index in [0.29, 0.717) is 6.04 Å². The van der Waals surface area contributed by atoms with Crippen molar-refractivity contribution in [2.24, 2.45) is 0 Å². The molecule has 5 heteroatoms. The lowest BCUT2D eigenvalue weighted by Gasteiger charge is -2.21. The summed E-state index contributed by atoms with van der Waals surface area (Å²) in [5.74, 6) is 0. The molecule has 2 rings (SSSR count). The van der Waals surface area contributed by atoms with Gasteiger partial charge in [-0.2, -0.15) is 0 Å². The van der Waals surface area contributed by atoms with Crippen LogP contribution in [0, 0.1) is 0 Å². The monoisotopic (exact) mass is 276 g/mol. The van der Waals surface area contributed by atoms with E-state index in [4.69, 9.17) is 0 Å². The van der Waals surface area contributed by atoms with E-state index in [1.165, 1.54) is 5.56 Å². The van der Waals surface area contributed by atoms with E-state index in [1.54, 1.807) is 11.3 Å². The summed E-state index contributed by atoms with van der Waals surface area (Å²) in [6.45, 7) is 5.97. The first kappa shape index (κ1) is 14.0. The van der Waals surface area contributed by atoms with Crippen molar-refractivity contribution in [3.05, 3.63) is 40.6 Å². The van der Waals surface area contributed by atoms with Crippen molar-refractivity contribution < 1.29 is 0 Å². The van der Waals surface area contributed by atoms with Crippen molar-refractivity contribution in [3.63, 3.8) is 0 Å². The standard InChI is InChI=1S/C14H20N4S/c1-11(2)16-6-12-4-5-15-7-14(12)18(3)8-13-9-19-10-17-13/h4-5,7,9-11,16H,6,8H2,1-3H3. The largest absolute Gasteiger partial charge is 0.367 e. The van der Waals surface area contributed by atoms with E-state index in [-0.39, 0.29) is 0 Å². The summed E-state index contributed by atoms with van der Waals surface area (Å²) in [6, 6.07) is 2.55. The fourth-order valence-electron chi connectivity index (χ4n) is 1.87. The van der Waals surface area contributed by atoms with Crippen molar-refractivity contribution in [2.75, 3.05) is 11.9 Å². The van der Waals surface area contributed by atoms with E-state index >= 15 is 0 Å². The minimum atomic E-state index is 0.477. The maximum atomic E-state index is 4.33. The van der Waals surface area contributed by atoms with Gasteiger partial charge in [-0.25, -0.2) is 4.98 Å². The van der Waals surface area contributed by atoms with Crippen LogP contribution in [0.25, 0.3) is 0 Å². The number of nitrogens with zero attached hydrogens (tertiary/aromatic N) is 3. The van der Waals surface area contributed by atoms with E-state index in [1.807, 2.05) is 17.9 Å². The molecule has 0 radical (unpaired) electrons. The van der Waals surface area contributed by atoms with Crippen LogP contribution in [-0.2, 0) is 13.1 Å². The molecule has 2 aromatic rings. The van der Waals surface area contributed by atoms with Gasteiger partial charge in [0.1, 0.15) is 0 Å². The van der Waals surface area contributed by atoms with E-state index < -0.39 is 0 Å². The minimum absolute atomic E-state index is 0.477. The molecule has 0 aliphatic carbocycles. The van der Waals surface area contributed by atoms with Crippen molar-refractivity contribution in [1.29, 1.82) is 0 Å². The van der Waals surface area contributed by atoms with Crippen LogP contribution in [0.5, 0.6) is 0 Å². The molecule has 0 aromatic carbocycles. The second-order valence-electron chi connectivity index (χ2n) is 4.88. The lowest BCUT2D eigenvalue weighted by molar-refractivity contribution is 0.588. The Kier molecular flexibility index (Phi) is 4.87. The Labute approximate surface area is 118 Å². The molecule has 19 heavy (non-hydrogen) atoms. The molecule has 0 bridgehead atoms. The number of aromatic nitrogens is 2. The summed E-state index contributed by atoms with van der Waals surface area (Å²) in [4.78, 5) is 10.8. The van der Waals surface area contributed by atoms with Crippen LogP contribution in [-0.4, -0.2) is 23.1 Å². The SMILES string of the molecule is CC(C)NCc1ccncc1N(C)Cc1cscn1. The number of hydrogen-bond donors (Lipinski definition) is 1. The molecule has 2 aromatic heterocycles. The third-order valence-corrected chi connectivity index (χ3v) is 3.52. The molecule has 2 heterocycles. The van der Waals surface area contributed by atoms with Gasteiger partial charge in [-0.15, -0.1) is 11.3 Å². The Bertz CT molecular complexity index is 496. The highest BCUT2D eigenvalue weighted by atomic mass is 32.1. The summed E-state index contributed by atoms with van der Waals surface area (Å²) in [6.07, 6.45) is 3.77. The molecule has 0 aliphatic rings. The van der Waals surface area contributed by atoms with Gasteiger partial charge in [0.25, 0.3) is 0 Å². The fourth-order valence-corrected chi connectivity index (χ4v) is 2.42. The topological polar surface area (TPSA) is 41.1 Å².